The van der Waals surface area contributed by atoms with Crippen LogP contribution in [0.2, 0.25) is 0 Å². The van der Waals surface area contributed by atoms with Crippen LogP contribution in [0.5, 0.6) is 0 Å². The van der Waals surface area contributed by atoms with Gasteiger partial charge in [-0.25, -0.2) is 4.79 Å². The van der Waals surface area contributed by atoms with Gasteiger partial charge in [-0.2, -0.15) is 13.2 Å². The molecule has 2 N–H and O–H groups in total. The summed E-state index contributed by atoms with van der Waals surface area (Å²) in [6.07, 6.45) is 1.45. The number of nitrogens with one attached hydrogen (secondary N) is 2. The van der Waals surface area contributed by atoms with E-state index in [-0.39, 0.29) is 6.04 Å². The molecule has 1 heterocycles. The number of anilines is 1. The van der Waals surface area contributed by atoms with Crippen molar-refractivity contribution in [3.8, 4) is 0 Å². The standard InChI is InChI=1S/C18H22F3N3O/c1-3-4-16-12(2)5-8-15(23-16)11-22-17(25)24-14-9-6-13(7-10-14)18(19,20)21/h3-4,6-7,9-10,12,15H,5,8,11H2,1-2H3,(H2,22,24,25)/b4-3-. The van der Waals surface area contributed by atoms with Gasteiger partial charge in [-0.15, -0.1) is 0 Å². The third-order valence-electron chi connectivity index (χ3n) is 4.08. The van der Waals surface area contributed by atoms with E-state index in [9.17, 15) is 18.0 Å². The molecule has 2 rings (SSSR count). The van der Waals surface area contributed by atoms with Gasteiger partial charge < -0.3 is 10.6 Å². The van der Waals surface area contributed by atoms with Gasteiger partial charge in [-0.05, 0) is 56.0 Å². The molecule has 0 aromatic heterocycles. The minimum atomic E-state index is -4.39. The maximum atomic E-state index is 12.5. The number of carbonyl (C=O) groups excluding carboxylic acids is 1. The smallest absolute Gasteiger partial charge is 0.336 e. The van der Waals surface area contributed by atoms with E-state index in [1.807, 2.05) is 19.1 Å². The minimum absolute atomic E-state index is 0.0146. The highest BCUT2D eigenvalue weighted by Crippen LogP contribution is 2.29. The van der Waals surface area contributed by atoms with Crippen molar-refractivity contribution in [2.45, 2.75) is 38.9 Å². The lowest BCUT2D eigenvalue weighted by atomic mass is 9.92. The van der Waals surface area contributed by atoms with Gasteiger partial charge in [0, 0.05) is 17.9 Å². The second-order valence-corrected chi connectivity index (χ2v) is 6.10. The topological polar surface area (TPSA) is 53.5 Å². The zero-order valence-corrected chi connectivity index (χ0v) is 14.2. The highest BCUT2D eigenvalue weighted by molar-refractivity contribution is 5.97. The molecule has 0 saturated carbocycles. The van der Waals surface area contributed by atoms with Gasteiger partial charge in [0.2, 0.25) is 0 Å². The highest BCUT2D eigenvalue weighted by Gasteiger charge is 2.30. The molecule has 0 radical (unpaired) electrons. The van der Waals surface area contributed by atoms with Crippen molar-refractivity contribution in [1.82, 2.24) is 5.32 Å². The molecular weight excluding hydrogens is 331 g/mol. The van der Waals surface area contributed by atoms with Crippen molar-refractivity contribution in [3.05, 3.63) is 42.0 Å². The van der Waals surface area contributed by atoms with Crippen LogP contribution in [0.25, 0.3) is 0 Å². The molecule has 0 aliphatic carbocycles. The molecule has 2 atom stereocenters. The van der Waals surface area contributed by atoms with Gasteiger partial charge in [0.15, 0.2) is 0 Å². The number of carbonyl (C=O) groups is 1. The van der Waals surface area contributed by atoms with Crippen LogP contribution in [-0.2, 0) is 6.18 Å². The van der Waals surface area contributed by atoms with Gasteiger partial charge in [0.05, 0.1) is 11.6 Å². The van der Waals surface area contributed by atoms with Crippen molar-refractivity contribution in [1.29, 1.82) is 0 Å². The number of rotatable bonds is 4. The number of aliphatic imine (C=N–C) groups is 1. The van der Waals surface area contributed by atoms with Gasteiger partial charge in [-0.3, -0.25) is 4.99 Å². The van der Waals surface area contributed by atoms with Crippen LogP contribution in [0.4, 0.5) is 23.7 Å². The first-order valence-corrected chi connectivity index (χ1v) is 8.22. The number of amides is 2. The van der Waals surface area contributed by atoms with E-state index in [0.29, 0.717) is 18.2 Å². The monoisotopic (exact) mass is 353 g/mol. The van der Waals surface area contributed by atoms with Gasteiger partial charge in [-0.1, -0.05) is 13.0 Å². The third-order valence-corrected chi connectivity index (χ3v) is 4.08. The van der Waals surface area contributed by atoms with E-state index in [2.05, 4.69) is 22.5 Å². The number of nitrogens with zero attached hydrogens (tertiary/aromatic N) is 1. The summed E-state index contributed by atoms with van der Waals surface area (Å²) in [6.45, 7) is 4.45. The summed E-state index contributed by atoms with van der Waals surface area (Å²) in [5.74, 6) is 0.411. The van der Waals surface area contributed by atoms with E-state index in [1.54, 1.807) is 0 Å². The summed E-state index contributed by atoms with van der Waals surface area (Å²) in [7, 11) is 0. The Labute approximate surface area is 145 Å². The summed E-state index contributed by atoms with van der Waals surface area (Å²) in [6, 6.07) is 3.89. The van der Waals surface area contributed by atoms with Crippen molar-refractivity contribution in [2.75, 3.05) is 11.9 Å². The van der Waals surface area contributed by atoms with Crippen LogP contribution in [0, 0.1) is 5.92 Å². The second-order valence-electron chi connectivity index (χ2n) is 6.10. The highest BCUT2D eigenvalue weighted by atomic mass is 19.4. The summed E-state index contributed by atoms with van der Waals surface area (Å²) in [5, 5.41) is 5.25. The number of benzene rings is 1. The zero-order chi connectivity index (χ0) is 18.4. The average Bonchev–Trinajstić information content (AvgIpc) is 2.55. The zero-order valence-electron chi connectivity index (χ0n) is 14.2. The van der Waals surface area contributed by atoms with Gasteiger partial charge in [0.1, 0.15) is 0 Å². The fourth-order valence-electron chi connectivity index (χ4n) is 2.65. The van der Waals surface area contributed by atoms with E-state index in [4.69, 9.17) is 0 Å². The first-order valence-electron chi connectivity index (χ1n) is 8.22. The summed E-state index contributed by atoms with van der Waals surface area (Å²) < 4.78 is 37.5. The summed E-state index contributed by atoms with van der Waals surface area (Å²) in [5.41, 5.74) is 0.588. The Morgan fingerprint density at radius 3 is 2.56 bits per heavy atom. The molecule has 0 saturated heterocycles. The normalized spacial score (nSPS) is 21.1. The van der Waals surface area contributed by atoms with E-state index in [1.165, 1.54) is 12.1 Å². The number of halogens is 3. The average molecular weight is 353 g/mol. The van der Waals surface area contributed by atoms with E-state index in [0.717, 1.165) is 30.7 Å². The molecule has 1 aromatic rings. The van der Waals surface area contributed by atoms with Crippen LogP contribution in [0.1, 0.15) is 32.3 Å². The molecule has 1 aromatic carbocycles. The molecular formula is C18H22F3N3O. The second kappa shape index (κ2) is 8.18. The predicted molar refractivity (Wildman–Crippen MR) is 92.9 cm³/mol. The first kappa shape index (κ1) is 19.0. The lowest BCUT2D eigenvalue weighted by Crippen LogP contribution is -2.36. The Morgan fingerprint density at radius 2 is 1.96 bits per heavy atom. The van der Waals surface area contributed by atoms with Crippen molar-refractivity contribution < 1.29 is 18.0 Å². The number of hydrogen-bond acceptors (Lipinski definition) is 2. The van der Waals surface area contributed by atoms with Crippen LogP contribution in [0.3, 0.4) is 0 Å². The maximum Gasteiger partial charge on any atom is 0.416 e. The number of alkyl halides is 3. The van der Waals surface area contributed by atoms with Crippen molar-refractivity contribution in [2.24, 2.45) is 10.9 Å². The van der Waals surface area contributed by atoms with Crippen LogP contribution < -0.4 is 10.6 Å². The third kappa shape index (κ3) is 5.62. The molecule has 1 aliphatic heterocycles. The largest absolute Gasteiger partial charge is 0.416 e. The Hall–Kier alpha value is -2.31. The number of hydrogen-bond donors (Lipinski definition) is 2. The molecule has 25 heavy (non-hydrogen) atoms. The number of allylic oxidation sites excluding steroid dienone is 2. The Bertz CT molecular complexity index is 651. The lowest BCUT2D eigenvalue weighted by molar-refractivity contribution is -0.137. The fraction of sp³-hybridized carbons (Fsp3) is 0.444. The molecule has 0 spiro atoms. The lowest BCUT2D eigenvalue weighted by Gasteiger charge is -2.24. The number of urea groups is 1. The van der Waals surface area contributed by atoms with E-state index >= 15 is 0 Å². The molecule has 0 fully saturated rings. The van der Waals surface area contributed by atoms with Crippen LogP contribution >= 0.6 is 0 Å². The maximum absolute atomic E-state index is 12.5. The Balaban J connectivity index is 1.86. The molecule has 2 amide bonds. The SMILES string of the molecule is C/C=C\C1=NC(CNC(=O)Nc2ccc(C(F)(F)F)cc2)CCC1C. The Kier molecular flexibility index (Phi) is 6.22. The Morgan fingerprint density at radius 1 is 1.28 bits per heavy atom. The van der Waals surface area contributed by atoms with Crippen LogP contribution in [-0.4, -0.2) is 24.3 Å². The molecule has 7 heteroatoms. The fourth-order valence-corrected chi connectivity index (χ4v) is 2.65. The molecule has 0 bridgehead atoms. The van der Waals surface area contributed by atoms with Gasteiger partial charge >= 0.3 is 12.2 Å². The molecule has 136 valence electrons. The summed E-state index contributed by atoms with van der Waals surface area (Å²) in [4.78, 5) is 16.5. The van der Waals surface area contributed by atoms with Crippen LogP contribution in [0.15, 0.2) is 41.4 Å². The molecule has 4 nitrogen and oxygen atoms in total. The van der Waals surface area contributed by atoms with Crippen molar-refractivity contribution in [3.63, 3.8) is 0 Å². The molecule has 2 unspecified atom stereocenters. The molecule has 1 aliphatic rings. The van der Waals surface area contributed by atoms with Gasteiger partial charge in [0.25, 0.3) is 0 Å². The van der Waals surface area contributed by atoms with E-state index < -0.39 is 17.8 Å². The van der Waals surface area contributed by atoms with Crippen molar-refractivity contribution >= 4 is 17.4 Å². The summed E-state index contributed by atoms with van der Waals surface area (Å²) >= 11 is 0. The minimum Gasteiger partial charge on any atom is -0.336 e. The first-order chi connectivity index (χ1) is 11.8. The quantitative estimate of drug-likeness (QED) is 0.814. The predicted octanol–water partition coefficient (Wildman–Crippen LogP) is 4.64.